The van der Waals surface area contributed by atoms with Crippen LogP contribution in [0.1, 0.15) is 31.1 Å². The standard InChI is InChI=1S/C13H22N2S/c1-12(11-15-7-3-2-4-8-15)14-10-13-6-5-9-16-13/h5-6,9,12,14H,2-4,7-8,10-11H2,1H3. The van der Waals surface area contributed by atoms with Gasteiger partial charge in [-0.05, 0) is 44.3 Å². The van der Waals surface area contributed by atoms with Gasteiger partial charge >= 0.3 is 0 Å². The third-order valence-electron chi connectivity index (χ3n) is 3.19. The van der Waals surface area contributed by atoms with Gasteiger partial charge in [0.25, 0.3) is 0 Å². The molecule has 0 bridgehead atoms. The van der Waals surface area contributed by atoms with Gasteiger partial charge in [0.1, 0.15) is 0 Å². The van der Waals surface area contributed by atoms with Crippen molar-refractivity contribution in [3.63, 3.8) is 0 Å². The maximum atomic E-state index is 3.60. The second-order valence-electron chi connectivity index (χ2n) is 4.72. The predicted molar refractivity (Wildman–Crippen MR) is 70.9 cm³/mol. The third-order valence-corrected chi connectivity index (χ3v) is 4.06. The van der Waals surface area contributed by atoms with Gasteiger partial charge in [0.05, 0.1) is 0 Å². The number of thiophene rings is 1. The molecule has 1 fully saturated rings. The summed E-state index contributed by atoms with van der Waals surface area (Å²) in [7, 11) is 0. The molecule has 0 aromatic carbocycles. The smallest absolute Gasteiger partial charge is 0.0302 e. The van der Waals surface area contributed by atoms with Crippen LogP contribution in [0.2, 0.25) is 0 Å². The predicted octanol–water partition coefficient (Wildman–Crippen LogP) is 2.71. The molecule has 2 heterocycles. The minimum atomic E-state index is 0.597. The van der Waals surface area contributed by atoms with Crippen LogP contribution in [0.15, 0.2) is 17.5 Å². The summed E-state index contributed by atoms with van der Waals surface area (Å²) >= 11 is 1.83. The highest BCUT2D eigenvalue weighted by molar-refractivity contribution is 7.09. The number of rotatable bonds is 5. The minimum Gasteiger partial charge on any atom is -0.308 e. The molecule has 0 amide bonds. The van der Waals surface area contributed by atoms with Crippen molar-refractivity contribution in [1.82, 2.24) is 10.2 Å². The topological polar surface area (TPSA) is 15.3 Å². The molecule has 1 aliphatic rings. The van der Waals surface area contributed by atoms with E-state index in [-0.39, 0.29) is 0 Å². The van der Waals surface area contributed by atoms with Crippen molar-refractivity contribution in [2.75, 3.05) is 19.6 Å². The molecule has 0 radical (unpaired) electrons. The zero-order valence-electron chi connectivity index (χ0n) is 10.1. The first-order valence-electron chi connectivity index (χ1n) is 6.33. The average molecular weight is 238 g/mol. The van der Waals surface area contributed by atoms with E-state index in [0.29, 0.717) is 6.04 Å². The van der Waals surface area contributed by atoms with Gasteiger partial charge in [-0.2, -0.15) is 0 Å². The first kappa shape index (κ1) is 12.1. The van der Waals surface area contributed by atoms with Crippen LogP contribution in [0.5, 0.6) is 0 Å². The molecule has 1 aromatic rings. The van der Waals surface area contributed by atoms with Crippen molar-refractivity contribution in [3.05, 3.63) is 22.4 Å². The summed E-state index contributed by atoms with van der Waals surface area (Å²) in [5.41, 5.74) is 0. The lowest BCUT2D eigenvalue weighted by Gasteiger charge is -2.29. The quantitative estimate of drug-likeness (QED) is 0.848. The Labute approximate surface area is 103 Å². The number of hydrogen-bond acceptors (Lipinski definition) is 3. The molecule has 0 spiro atoms. The van der Waals surface area contributed by atoms with Gasteiger partial charge in [0.2, 0.25) is 0 Å². The fourth-order valence-electron chi connectivity index (χ4n) is 2.28. The van der Waals surface area contributed by atoms with Crippen LogP contribution >= 0.6 is 11.3 Å². The molecule has 0 saturated carbocycles. The Morgan fingerprint density at radius 3 is 2.88 bits per heavy atom. The third kappa shape index (κ3) is 3.89. The van der Waals surface area contributed by atoms with Gasteiger partial charge in [-0.15, -0.1) is 11.3 Å². The summed E-state index contributed by atoms with van der Waals surface area (Å²) in [6.45, 7) is 7.11. The van der Waals surface area contributed by atoms with Crippen LogP contribution < -0.4 is 5.32 Å². The number of nitrogens with zero attached hydrogens (tertiary/aromatic N) is 1. The van der Waals surface area contributed by atoms with Crippen molar-refractivity contribution >= 4 is 11.3 Å². The Morgan fingerprint density at radius 1 is 1.38 bits per heavy atom. The average Bonchev–Trinajstić information content (AvgIpc) is 2.81. The highest BCUT2D eigenvalue weighted by atomic mass is 32.1. The summed E-state index contributed by atoms with van der Waals surface area (Å²) in [6, 6.07) is 4.92. The van der Waals surface area contributed by atoms with Crippen LogP contribution in [-0.2, 0) is 6.54 Å². The molecule has 1 saturated heterocycles. The minimum absolute atomic E-state index is 0.597. The summed E-state index contributed by atoms with van der Waals surface area (Å²) < 4.78 is 0. The van der Waals surface area contributed by atoms with Crippen LogP contribution in [0.3, 0.4) is 0 Å². The number of hydrogen-bond donors (Lipinski definition) is 1. The Balaban J connectivity index is 1.65. The zero-order valence-corrected chi connectivity index (χ0v) is 10.9. The van der Waals surface area contributed by atoms with E-state index in [1.54, 1.807) is 0 Å². The first-order valence-corrected chi connectivity index (χ1v) is 7.20. The zero-order chi connectivity index (χ0) is 11.2. The lowest BCUT2D eigenvalue weighted by Crippen LogP contribution is -2.41. The van der Waals surface area contributed by atoms with E-state index in [1.807, 2.05) is 11.3 Å². The summed E-state index contributed by atoms with van der Waals surface area (Å²) in [5.74, 6) is 0. The fourth-order valence-corrected chi connectivity index (χ4v) is 2.94. The van der Waals surface area contributed by atoms with E-state index in [2.05, 4.69) is 34.7 Å². The van der Waals surface area contributed by atoms with E-state index in [1.165, 1.54) is 43.8 Å². The second-order valence-corrected chi connectivity index (χ2v) is 5.75. The van der Waals surface area contributed by atoms with E-state index in [4.69, 9.17) is 0 Å². The Kier molecular flexibility index (Phi) is 4.82. The molecular weight excluding hydrogens is 216 g/mol. The SMILES string of the molecule is CC(CN1CCCCC1)NCc1cccs1. The number of piperidine rings is 1. The van der Waals surface area contributed by atoms with Crippen LogP contribution in [0.25, 0.3) is 0 Å². The van der Waals surface area contributed by atoms with E-state index < -0.39 is 0 Å². The van der Waals surface area contributed by atoms with Crippen molar-refractivity contribution in [3.8, 4) is 0 Å². The van der Waals surface area contributed by atoms with Crippen molar-refractivity contribution in [2.45, 2.75) is 38.8 Å². The highest BCUT2D eigenvalue weighted by Crippen LogP contribution is 2.10. The molecule has 2 nitrogen and oxygen atoms in total. The molecule has 3 heteroatoms. The van der Waals surface area contributed by atoms with Crippen LogP contribution in [0.4, 0.5) is 0 Å². The molecule has 1 N–H and O–H groups in total. The fraction of sp³-hybridized carbons (Fsp3) is 0.692. The van der Waals surface area contributed by atoms with Gasteiger partial charge < -0.3 is 10.2 Å². The monoisotopic (exact) mass is 238 g/mol. The molecule has 90 valence electrons. The Hall–Kier alpha value is -0.380. The normalized spacial score (nSPS) is 19.8. The van der Waals surface area contributed by atoms with Gasteiger partial charge in [-0.1, -0.05) is 12.5 Å². The van der Waals surface area contributed by atoms with Gasteiger partial charge in [-0.3, -0.25) is 0 Å². The highest BCUT2D eigenvalue weighted by Gasteiger charge is 2.12. The Bertz CT molecular complexity index is 278. The largest absolute Gasteiger partial charge is 0.308 e. The van der Waals surface area contributed by atoms with E-state index in [0.717, 1.165) is 6.54 Å². The maximum Gasteiger partial charge on any atom is 0.0302 e. The van der Waals surface area contributed by atoms with E-state index >= 15 is 0 Å². The van der Waals surface area contributed by atoms with E-state index in [9.17, 15) is 0 Å². The molecule has 16 heavy (non-hydrogen) atoms. The molecule has 0 aliphatic carbocycles. The molecular formula is C13H22N2S. The second kappa shape index (κ2) is 6.38. The maximum absolute atomic E-state index is 3.60. The van der Waals surface area contributed by atoms with Gasteiger partial charge in [0, 0.05) is 24.0 Å². The molecule has 1 unspecified atom stereocenters. The summed E-state index contributed by atoms with van der Waals surface area (Å²) in [4.78, 5) is 4.03. The Morgan fingerprint density at radius 2 is 2.19 bits per heavy atom. The molecule has 2 rings (SSSR count). The molecule has 1 atom stereocenters. The molecule has 1 aliphatic heterocycles. The van der Waals surface area contributed by atoms with Gasteiger partial charge in [0.15, 0.2) is 0 Å². The lowest BCUT2D eigenvalue weighted by molar-refractivity contribution is 0.209. The molecule has 1 aromatic heterocycles. The number of nitrogens with one attached hydrogen (secondary N) is 1. The summed E-state index contributed by atoms with van der Waals surface area (Å²) in [6.07, 6.45) is 4.20. The van der Waals surface area contributed by atoms with Crippen LogP contribution in [0, 0.1) is 0 Å². The van der Waals surface area contributed by atoms with Crippen molar-refractivity contribution in [2.24, 2.45) is 0 Å². The van der Waals surface area contributed by atoms with Crippen molar-refractivity contribution < 1.29 is 0 Å². The summed E-state index contributed by atoms with van der Waals surface area (Å²) in [5, 5.41) is 5.75. The van der Waals surface area contributed by atoms with Crippen molar-refractivity contribution in [1.29, 1.82) is 0 Å². The first-order chi connectivity index (χ1) is 7.84. The lowest BCUT2D eigenvalue weighted by atomic mass is 10.1. The van der Waals surface area contributed by atoms with Gasteiger partial charge in [-0.25, -0.2) is 0 Å². The van der Waals surface area contributed by atoms with Crippen LogP contribution in [-0.4, -0.2) is 30.6 Å². The number of likely N-dealkylation sites (tertiary alicyclic amines) is 1.